The molecule has 1 aliphatic rings. The Balaban J connectivity index is 1.54. The van der Waals surface area contributed by atoms with E-state index in [1.54, 1.807) is 9.58 Å². The summed E-state index contributed by atoms with van der Waals surface area (Å²) in [5, 5.41) is 7.93. The molecule has 7 nitrogen and oxygen atoms in total. The van der Waals surface area contributed by atoms with Gasteiger partial charge in [0.15, 0.2) is 0 Å². The smallest absolute Gasteiger partial charge is 0.270 e. The lowest BCUT2D eigenvalue weighted by Crippen LogP contribution is -3.14. The summed E-state index contributed by atoms with van der Waals surface area (Å²) < 4.78 is 9.22. The Morgan fingerprint density at radius 1 is 1.19 bits per heavy atom. The van der Waals surface area contributed by atoms with Crippen LogP contribution in [-0.2, 0) is 11.8 Å². The van der Waals surface area contributed by atoms with Crippen LogP contribution < -0.4 is 10.2 Å². The molecule has 3 aromatic rings. The fraction of sp³-hybridized carbons (Fsp3) is 0.417. The van der Waals surface area contributed by atoms with Crippen molar-refractivity contribution in [1.29, 1.82) is 0 Å². The third-order valence-corrected chi connectivity index (χ3v) is 5.93. The molecule has 2 N–H and O–H groups in total. The van der Waals surface area contributed by atoms with Gasteiger partial charge in [0.25, 0.3) is 5.91 Å². The van der Waals surface area contributed by atoms with E-state index in [2.05, 4.69) is 30.4 Å². The summed E-state index contributed by atoms with van der Waals surface area (Å²) in [5.74, 6) is -0.0918. The first kappa shape index (κ1) is 21.3. The quantitative estimate of drug-likeness (QED) is 0.568. The summed E-state index contributed by atoms with van der Waals surface area (Å²) in [6.07, 6.45) is 2.93. The van der Waals surface area contributed by atoms with Crippen molar-refractivity contribution in [3.8, 4) is 17.1 Å². The fourth-order valence-electron chi connectivity index (χ4n) is 4.07. The third-order valence-electron chi connectivity index (χ3n) is 5.93. The number of ether oxygens (including phenoxy) is 1. The van der Waals surface area contributed by atoms with Crippen LogP contribution in [0.1, 0.15) is 28.0 Å². The molecule has 1 fully saturated rings. The molecule has 0 bridgehead atoms. The molecule has 7 heteroatoms. The van der Waals surface area contributed by atoms with Gasteiger partial charge in [-0.15, -0.1) is 0 Å². The molecule has 0 spiro atoms. The molecule has 0 aliphatic carbocycles. The second kappa shape index (κ2) is 9.49. The molecule has 2 aromatic heterocycles. The van der Waals surface area contributed by atoms with E-state index in [0.717, 1.165) is 67.5 Å². The molecular weight excluding hydrogens is 390 g/mol. The molecule has 1 amide bonds. The normalized spacial score (nSPS) is 14.7. The van der Waals surface area contributed by atoms with E-state index in [1.807, 2.05) is 42.9 Å². The van der Waals surface area contributed by atoms with Crippen LogP contribution in [0.15, 0.2) is 42.6 Å². The number of rotatable bonds is 7. The number of nitrogens with zero attached hydrogens (tertiary/aromatic N) is 3. The standard InChI is InChI=1S/C24H31N5O2/c1-18-7-8-19(2)22(16-18)29-23(17-20(26-29)21-6-4-10-27(21)3)24(30)25-9-5-11-28-12-14-31-15-13-28/h4,6-8,10,16-17H,5,9,11-15H2,1-3H3,(H,25,30)/p+1. The Kier molecular flexibility index (Phi) is 6.53. The minimum absolute atomic E-state index is 0.0918. The SMILES string of the molecule is Cc1ccc(C)c(-n2nc(-c3cccn3C)cc2C(=O)NCCC[NH+]2CCOCC2)c1. The van der Waals surface area contributed by atoms with Gasteiger partial charge in [-0.25, -0.2) is 4.68 Å². The summed E-state index contributed by atoms with van der Waals surface area (Å²) in [5.41, 5.74) is 5.48. The zero-order valence-corrected chi connectivity index (χ0v) is 18.6. The maximum absolute atomic E-state index is 13.1. The van der Waals surface area contributed by atoms with Crippen LogP contribution in [0.3, 0.4) is 0 Å². The summed E-state index contributed by atoms with van der Waals surface area (Å²) in [6, 6.07) is 12.1. The first-order valence-electron chi connectivity index (χ1n) is 11.0. The largest absolute Gasteiger partial charge is 0.370 e. The lowest BCUT2D eigenvalue weighted by molar-refractivity contribution is -0.908. The van der Waals surface area contributed by atoms with E-state index in [9.17, 15) is 4.79 Å². The van der Waals surface area contributed by atoms with Crippen LogP contribution in [0.5, 0.6) is 0 Å². The second-order valence-corrected chi connectivity index (χ2v) is 8.34. The Bertz CT molecular complexity index is 1050. The number of quaternary nitrogens is 1. The maximum atomic E-state index is 13.1. The van der Waals surface area contributed by atoms with E-state index in [4.69, 9.17) is 9.84 Å². The molecule has 1 aliphatic heterocycles. The topological polar surface area (TPSA) is 65.5 Å². The van der Waals surface area contributed by atoms with E-state index < -0.39 is 0 Å². The summed E-state index contributed by atoms with van der Waals surface area (Å²) in [7, 11) is 1.99. The molecular formula is C24H32N5O2+. The highest BCUT2D eigenvalue weighted by atomic mass is 16.5. The minimum Gasteiger partial charge on any atom is -0.370 e. The fourth-order valence-corrected chi connectivity index (χ4v) is 4.07. The average molecular weight is 423 g/mol. The highest BCUT2D eigenvalue weighted by Crippen LogP contribution is 2.24. The van der Waals surface area contributed by atoms with Gasteiger partial charge >= 0.3 is 0 Å². The van der Waals surface area contributed by atoms with Gasteiger partial charge in [0.1, 0.15) is 24.5 Å². The number of morpholine rings is 1. The third kappa shape index (κ3) is 4.89. The molecule has 0 unspecified atom stereocenters. The number of aryl methyl sites for hydroxylation is 3. The van der Waals surface area contributed by atoms with E-state index in [-0.39, 0.29) is 5.91 Å². The van der Waals surface area contributed by atoms with Crippen LogP contribution in [0.2, 0.25) is 0 Å². The molecule has 3 heterocycles. The monoisotopic (exact) mass is 422 g/mol. The van der Waals surface area contributed by atoms with Crippen molar-refractivity contribution in [3.63, 3.8) is 0 Å². The lowest BCUT2D eigenvalue weighted by atomic mass is 10.1. The van der Waals surface area contributed by atoms with Crippen LogP contribution in [0.25, 0.3) is 17.1 Å². The Labute approximate surface area is 183 Å². The molecule has 164 valence electrons. The predicted octanol–water partition coefficient (Wildman–Crippen LogP) is 1.53. The van der Waals surface area contributed by atoms with Gasteiger partial charge in [-0.3, -0.25) is 4.79 Å². The Morgan fingerprint density at radius 3 is 2.74 bits per heavy atom. The van der Waals surface area contributed by atoms with Gasteiger partial charge in [0.2, 0.25) is 0 Å². The van der Waals surface area contributed by atoms with Crippen molar-refractivity contribution in [3.05, 3.63) is 59.4 Å². The van der Waals surface area contributed by atoms with Crippen molar-refractivity contribution < 1.29 is 14.4 Å². The van der Waals surface area contributed by atoms with Crippen molar-refractivity contribution in [1.82, 2.24) is 19.7 Å². The number of carbonyl (C=O) groups is 1. The van der Waals surface area contributed by atoms with Crippen molar-refractivity contribution in [2.24, 2.45) is 7.05 Å². The molecule has 4 rings (SSSR count). The molecule has 1 saturated heterocycles. The first-order chi connectivity index (χ1) is 15.0. The van der Waals surface area contributed by atoms with Crippen LogP contribution in [-0.4, -0.2) is 59.6 Å². The highest BCUT2D eigenvalue weighted by molar-refractivity contribution is 5.94. The van der Waals surface area contributed by atoms with Gasteiger partial charge in [0, 0.05) is 26.2 Å². The molecule has 0 saturated carbocycles. The summed E-state index contributed by atoms with van der Waals surface area (Å²) >= 11 is 0. The van der Waals surface area contributed by atoms with Gasteiger partial charge in [0.05, 0.1) is 31.1 Å². The Hall–Kier alpha value is -2.90. The number of nitrogens with one attached hydrogen (secondary N) is 2. The van der Waals surface area contributed by atoms with Crippen molar-refractivity contribution in [2.75, 3.05) is 39.4 Å². The van der Waals surface area contributed by atoms with Gasteiger partial charge in [-0.2, -0.15) is 5.10 Å². The van der Waals surface area contributed by atoms with E-state index >= 15 is 0 Å². The minimum atomic E-state index is -0.0918. The predicted molar refractivity (Wildman–Crippen MR) is 121 cm³/mol. The maximum Gasteiger partial charge on any atom is 0.270 e. The van der Waals surface area contributed by atoms with Crippen LogP contribution in [0.4, 0.5) is 0 Å². The number of hydrogen-bond donors (Lipinski definition) is 2. The first-order valence-corrected chi connectivity index (χ1v) is 11.0. The second-order valence-electron chi connectivity index (χ2n) is 8.34. The molecule has 0 atom stereocenters. The van der Waals surface area contributed by atoms with Crippen molar-refractivity contribution in [2.45, 2.75) is 20.3 Å². The van der Waals surface area contributed by atoms with Crippen LogP contribution in [0, 0.1) is 13.8 Å². The number of benzene rings is 1. The van der Waals surface area contributed by atoms with Crippen molar-refractivity contribution >= 4 is 5.91 Å². The summed E-state index contributed by atoms with van der Waals surface area (Å²) in [6.45, 7) is 9.57. The molecule has 0 radical (unpaired) electrons. The average Bonchev–Trinajstić information content (AvgIpc) is 3.40. The van der Waals surface area contributed by atoms with E-state index in [0.29, 0.717) is 12.2 Å². The Morgan fingerprint density at radius 2 is 2.00 bits per heavy atom. The van der Waals surface area contributed by atoms with Gasteiger partial charge in [-0.05, 0) is 49.2 Å². The number of aromatic nitrogens is 3. The number of hydrogen-bond acceptors (Lipinski definition) is 3. The number of carbonyl (C=O) groups excluding carboxylic acids is 1. The number of amides is 1. The zero-order chi connectivity index (χ0) is 21.8. The van der Waals surface area contributed by atoms with E-state index in [1.165, 1.54) is 0 Å². The molecule has 1 aromatic carbocycles. The zero-order valence-electron chi connectivity index (χ0n) is 18.6. The van der Waals surface area contributed by atoms with Gasteiger partial charge in [-0.1, -0.05) is 12.1 Å². The summed E-state index contributed by atoms with van der Waals surface area (Å²) in [4.78, 5) is 14.7. The lowest BCUT2D eigenvalue weighted by Gasteiger charge is -2.23. The highest BCUT2D eigenvalue weighted by Gasteiger charge is 2.20. The molecule has 31 heavy (non-hydrogen) atoms. The van der Waals surface area contributed by atoms with Crippen LogP contribution >= 0.6 is 0 Å². The van der Waals surface area contributed by atoms with Gasteiger partial charge < -0.3 is 19.5 Å².